The first kappa shape index (κ1) is 15.9. The van der Waals surface area contributed by atoms with Crippen LogP contribution in [-0.4, -0.2) is 35.0 Å². The number of carbonyl (C=O) groups is 1. The summed E-state index contributed by atoms with van der Waals surface area (Å²) in [5.74, 6) is 0.641. The minimum atomic E-state index is -0.0977. The normalized spacial score (nSPS) is 15.7. The zero-order valence-electron chi connectivity index (χ0n) is 13.6. The van der Waals surface area contributed by atoms with Crippen molar-refractivity contribution < 1.29 is 4.79 Å². The van der Waals surface area contributed by atoms with Crippen molar-refractivity contribution in [1.29, 1.82) is 0 Å². The highest BCUT2D eigenvalue weighted by atomic mass is 32.1. The van der Waals surface area contributed by atoms with Crippen LogP contribution in [0.5, 0.6) is 0 Å². The quantitative estimate of drug-likeness (QED) is 0.916. The lowest BCUT2D eigenvalue weighted by atomic mass is 10.1. The molecule has 3 rings (SSSR count). The second kappa shape index (κ2) is 7.08. The molecule has 0 saturated carbocycles. The molecule has 0 bridgehead atoms. The molecule has 1 fully saturated rings. The summed E-state index contributed by atoms with van der Waals surface area (Å²) in [5, 5.41) is 5.09. The molecule has 6 heteroatoms. The van der Waals surface area contributed by atoms with Crippen molar-refractivity contribution in [3.8, 4) is 0 Å². The summed E-state index contributed by atoms with van der Waals surface area (Å²) in [7, 11) is 0. The van der Waals surface area contributed by atoms with Gasteiger partial charge < -0.3 is 10.2 Å². The van der Waals surface area contributed by atoms with E-state index in [-0.39, 0.29) is 11.9 Å². The third kappa shape index (κ3) is 3.88. The van der Waals surface area contributed by atoms with Gasteiger partial charge in [-0.15, -0.1) is 11.3 Å². The smallest absolute Gasteiger partial charge is 0.254 e. The van der Waals surface area contributed by atoms with Crippen LogP contribution in [0.25, 0.3) is 0 Å². The summed E-state index contributed by atoms with van der Waals surface area (Å²) in [6.45, 7) is 5.90. The average Bonchev–Trinajstić information content (AvgIpc) is 3.19. The van der Waals surface area contributed by atoms with Gasteiger partial charge in [0.15, 0.2) is 0 Å². The number of hydrogen-bond donors (Lipinski definition) is 1. The van der Waals surface area contributed by atoms with Crippen molar-refractivity contribution in [2.45, 2.75) is 39.2 Å². The minimum Gasteiger partial charge on any atom is -0.349 e. The minimum absolute atomic E-state index is 0.0822. The molecule has 1 saturated heterocycles. The van der Waals surface area contributed by atoms with E-state index in [0.29, 0.717) is 5.56 Å². The number of carbonyl (C=O) groups excluding carboxylic acids is 1. The topological polar surface area (TPSA) is 58.1 Å². The van der Waals surface area contributed by atoms with E-state index in [0.717, 1.165) is 31.2 Å². The van der Waals surface area contributed by atoms with E-state index in [1.54, 1.807) is 17.5 Å². The van der Waals surface area contributed by atoms with Gasteiger partial charge in [-0.05, 0) is 38.1 Å². The van der Waals surface area contributed by atoms with Crippen molar-refractivity contribution in [2.24, 2.45) is 0 Å². The number of nitrogens with one attached hydrogen (secondary N) is 1. The average molecular weight is 330 g/mol. The number of nitrogens with zero attached hydrogens (tertiary/aromatic N) is 3. The van der Waals surface area contributed by atoms with Crippen LogP contribution in [0.2, 0.25) is 0 Å². The van der Waals surface area contributed by atoms with Crippen LogP contribution in [0.4, 0.5) is 5.95 Å². The van der Waals surface area contributed by atoms with Gasteiger partial charge >= 0.3 is 0 Å². The molecule has 5 nitrogen and oxygen atoms in total. The van der Waals surface area contributed by atoms with Crippen molar-refractivity contribution >= 4 is 23.2 Å². The molecule has 0 radical (unpaired) electrons. The zero-order chi connectivity index (χ0) is 16.2. The molecule has 0 spiro atoms. The van der Waals surface area contributed by atoms with Gasteiger partial charge in [0.1, 0.15) is 0 Å². The molecule has 1 atom stereocenters. The molecule has 2 aromatic heterocycles. The first-order chi connectivity index (χ1) is 11.1. The highest BCUT2D eigenvalue weighted by Crippen LogP contribution is 2.17. The Bertz CT molecular complexity index is 665. The second-order valence-corrected chi connectivity index (χ2v) is 7.05. The lowest BCUT2D eigenvalue weighted by Gasteiger charge is -2.17. The Kier molecular flexibility index (Phi) is 4.91. The van der Waals surface area contributed by atoms with Crippen molar-refractivity contribution in [3.63, 3.8) is 0 Å². The standard InChI is InChI=1S/C17H22N4OS/c1-12(10-14-6-5-9-23-14)19-16(22)15-11-18-17(20-13(15)2)21-7-3-4-8-21/h5-6,9,11-12H,3-4,7-8,10H2,1-2H3,(H,19,22)/t12-/m1/s1. The summed E-state index contributed by atoms with van der Waals surface area (Å²) in [6.07, 6.45) is 4.87. The number of rotatable bonds is 5. The summed E-state index contributed by atoms with van der Waals surface area (Å²) in [5.41, 5.74) is 1.30. The highest BCUT2D eigenvalue weighted by molar-refractivity contribution is 7.09. The number of hydrogen-bond acceptors (Lipinski definition) is 5. The number of amides is 1. The molecule has 1 amide bonds. The zero-order valence-corrected chi connectivity index (χ0v) is 14.4. The summed E-state index contributed by atoms with van der Waals surface area (Å²) < 4.78 is 0. The Hall–Kier alpha value is -1.95. The Morgan fingerprint density at radius 1 is 1.43 bits per heavy atom. The van der Waals surface area contributed by atoms with Crippen LogP contribution in [0.1, 0.15) is 40.7 Å². The Morgan fingerprint density at radius 3 is 2.87 bits per heavy atom. The molecule has 122 valence electrons. The monoisotopic (exact) mass is 330 g/mol. The Balaban J connectivity index is 1.64. The van der Waals surface area contributed by atoms with E-state index in [1.165, 1.54) is 17.7 Å². The molecule has 1 aliphatic rings. The molecule has 2 aromatic rings. The van der Waals surface area contributed by atoms with Gasteiger partial charge in [-0.25, -0.2) is 9.97 Å². The van der Waals surface area contributed by atoms with E-state index in [9.17, 15) is 4.79 Å². The van der Waals surface area contributed by atoms with Gasteiger partial charge in [-0.2, -0.15) is 0 Å². The van der Waals surface area contributed by atoms with Gasteiger partial charge in [-0.1, -0.05) is 6.07 Å². The van der Waals surface area contributed by atoms with Crippen LogP contribution in [0.15, 0.2) is 23.7 Å². The molecule has 0 unspecified atom stereocenters. The molecule has 0 aliphatic carbocycles. The predicted octanol–water partition coefficient (Wildman–Crippen LogP) is 2.81. The van der Waals surface area contributed by atoms with Crippen LogP contribution in [0, 0.1) is 6.92 Å². The highest BCUT2D eigenvalue weighted by Gasteiger charge is 2.18. The van der Waals surface area contributed by atoms with Gasteiger partial charge in [0.25, 0.3) is 5.91 Å². The van der Waals surface area contributed by atoms with Gasteiger partial charge in [0.2, 0.25) is 5.95 Å². The first-order valence-corrected chi connectivity index (χ1v) is 8.93. The molecular formula is C17H22N4OS. The number of aryl methyl sites for hydroxylation is 1. The van der Waals surface area contributed by atoms with E-state index >= 15 is 0 Å². The predicted molar refractivity (Wildman–Crippen MR) is 93.2 cm³/mol. The molecule has 3 heterocycles. The third-order valence-electron chi connectivity index (χ3n) is 4.07. The lowest BCUT2D eigenvalue weighted by molar-refractivity contribution is 0.0939. The summed E-state index contributed by atoms with van der Waals surface area (Å²) >= 11 is 1.71. The number of thiophene rings is 1. The van der Waals surface area contributed by atoms with E-state index in [1.807, 2.05) is 19.9 Å². The maximum atomic E-state index is 12.4. The maximum Gasteiger partial charge on any atom is 0.254 e. The third-order valence-corrected chi connectivity index (χ3v) is 4.96. The van der Waals surface area contributed by atoms with E-state index < -0.39 is 0 Å². The Labute approximate surface area is 140 Å². The Morgan fingerprint density at radius 2 is 2.22 bits per heavy atom. The van der Waals surface area contributed by atoms with Crippen LogP contribution < -0.4 is 10.2 Å². The largest absolute Gasteiger partial charge is 0.349 e. The molecular weight excluding hydrogens is 308 g/mol. The van der Waals surface area contributed by atoms with Crippen LogP contribution in [0.3, 0.4) is 0 Å². The lowest BCUT2D eigenvalue weighted by Crippen LogP contribution is -2.34. The van der Waals surface area contributed by atoms with Crippen molar-refractivity contribution in [1.82, 2.24) is 15.3 Å². The van der Waals surface area contributed by atoms with Crippen molar-refractivity contribution in [2.75, 3.05) is 18.0 Å². The molecule has 1 aliphatic heterocycles. The molecule has 0 aromatic carbocycles. The summed E-state index contributed by atoms with van der Waals surface area (Å²) in [4.78, 5) is 24.8. The van der Waals surface area contributed by atoms with E-state index in [2.05, 4.69) is 31.6 Å². The molecule has 1 N–H and O–H groups in total. The van der Waals surface area contributed by atoms with E-state index in [4.69, 9.17) is 0 Å². The van der Waals surface area contributed by atoms with Crippen molar-refractivity contribution in [3.05, 3.63) is 39.8 Å². The fourth-order valence-electron chi connectivity index (χ4n) is 2.83. The summed E-state index contributed by atoms with van der Waals surface area (Å²) in [6, 6.07) is 4.20. The second-order valence-electron chi connectivity index (χ2n) is 6.02. The van der Waals surface area contributed by atoms with Crippen LogP contribution in [-0.2, 0) is 6.42 Å². The van der Waals surface area contributed by atoms with Gasteiger partial charge in [0.05, 0.1) is 11.3 Å². The number of anilines is 1. The number of aromatic nitrogens is 2. The molecule has 23 heavy (non-hydrogen) atoms. The van der Waals surface area contributed by atoms with Gasteiger partial charge in [0, 0.05) is 36.6 Å². The first-order valence-electron chi connectivity index (χ1n) is 8.05. The van der Waals surface area contributed by atoms with Crippen LogP contribution >= 0.6 is 11.3 Å². The maximum absolute atomic E-state index is 12.4. The van der Waals surface area contributed by atoms with Gasteiger partial charge in [-0.3, -0.25) is 4.79 Å². The SMILES string of the molecule is Cc1nc(N2CCCC2)ncc1C(=O)N[C@H](C)Cc1cccs1. The fourth-order valence-corrected chi connectivity index (χ4v) is 3.67. The fraction of sp³-hybridized carbons (Fsp3) is 0.471.